The van der Waals surface area contributed by atoms with Crippen LogP contribution >= 0.6 is 0 Å². The van der Waals surface area contributed by atoms with Gasteiger partial charge in [-0.3, -0.25) is 4.99 Å². The van der Waals surface area contributed by atoms with E-state index in [2.05, 4.69) is 9.73 Å². The van der Waals surface area contributed by atoms with Gasteiger partial charge in [0.25, 0.3) is 0 Å². The molecular weight excluding hydrogens is 247 g/mol. The van der Waals surface area contributed by atoms with Gasteiger partial charge in [0.2, 0.25) is 0 Å². The van der Waals surface area contributed by atoms with Crippen LogP contribution in [0.1, 0.15) is 17.2 Å². The number of carbonyl (C=O) groups is 1. The fourth-order valence-corrected chi connectivity index (χ4v) is 1.53. The van der Waals surface area contributed by atoms with Crippen molar-refractivity contribution in [2.45, 2.75) is 12.3 Å². The van der Waals surface area contributed by atoms with E-state index in [4.69, 9.17) is 0 Å². The standard InChI is InChI=1S/C12H8F3NO2/c13-12(14,15)11(17)18-10-7-16-6-5-8-3-1-2-4-9(8)10/h1-7,10H. The molecule has 1 aliphatic heterocycles. The zero-order valence-corrected chi connectivity index (χ0v) is 9.02. The third kappa shape index (κ3) is 2.58. The molecule has 94 valence electrons. The molecule has 3 nitrogen and oxygen atoms in total. The van der Waals surface area contributed by atoms with Crippen molar-refractivity contribution in [2.75, 3.05) is 0 Å². The summed E-state index contributed by atoms with van der Waals surface area (Å²) in [6, 6.07) is 6.68. The number of alkyl halides is 3. The average molecular weight is 255 g/mol. The molecule has 0 aliphatic carbocycles. The molecule has 18 heavy (non-hydrogen) atoms. The third-order valence-electron chi connectivity index (χ3n) is 2.33. The Labute approximate surface area is 101 Å². The maximum absolute atomic E-state index is 12.1. The summed E-state index contributed by atoms with van der Waals surface area (Å²) in [5.41, 5.74) is 1.13. The molecule has 0 saturated heterocycles. The molecule has 1 aromatic carbocycles. The summed E-state index contributed by atoms with van der Waals surface area (Å²) in [6.07, 6.45) is -1.92. The molecule has 1 unspecified atom stereocenters. The quantitative estimate of drug-likeness (QED) is 0.724. The largest absolute Gasteiger partial charge is 0.490 e. The van der Waals surface area contributed by atoms with Gasteiger partial charge in [0.05, 0.1) is 0 Å². The minimum absolute atomic E-state index is 0.465. The predicted molar refractivity (Wildman–Crippen MR) is 58.9 cm³/mol. The lowest BCUT2D eigenvalue weighted by Gasteiger charge is -2.16. The topological polar surface area (TPSA) is 38.7 Å². The Hall–Kier alpha value is -2.11. The van der Waals surface area contributed by atoms with Gasteiger partial charge in [0.1, 0.15) is 0 Å². The van der Waals surface area contributed by atoms with Crippen molar-refractivity contribution in [3.05, 3.63) is 41.6 Å². The van der Waals surface area contributed by atoms with Crippen LogP contribution in [-0.2, 0) is 9.53 Å². The maximum Gasteiger partial charge on any atom is 0.490 e. The number of carbonyl (C=O) groups excluding carboxylic acids is 1. The Balaban J connectivity index is 2.28. The molecule has 0 fully saturated rings. The number of benzene rings is 1. The van der Waals surface area contributed by atoms with Crippen LogP contribution in [0.25, 0.3) is 6.08 Å². The Morgan fingerprint density at radius 3 is 2.72 bits per heavy atom. The molecule has 6 heteroatoms. The number of aliphatic imine (C=N–C) groups is 1. The summed E-state index contributed by atoms with van der Waals surface area (Å²) in [6.45, 7) is 0. The van der Waals surface area contributed by atoms with E-state index in [0.717, 1.165) is 6.21 Å². The van der Waals surface area contributed by atoms with Crippen molar-refractivity contribution in [3.63, 3.8) is 0 Å². The molecule has 0 spiro atoms. The van der Waals surface area contributed by atoms with Crippen molar-refractivity contribution in [2.24, 2.45) is 4.99 Å². The highest BCUT2D eigenvalue weighted by molar-refractivity contribution is 5.81. The van der Waals surface area contributed by atoms with Crippen molar-refractivity contribution >= 4 is 18.3 Å². The maximum atomic E-state index is 12.1. The highest BCUT2D eigenvalue weighted by Gasteiger charge is 2.42. The molecule has 0 aromatic heterocycles. The van der Waals surface area contributed by atoms with E-state index in [-0.39, 0.29) is 0 Å². The Morgan fingerprint density at radius 1 is 1.28 bits per heavy atom. The first-order valence-electron chi connectivity index (χ1n) is 5.05. The van der Waals surface area contributed by atoms with Gasteiger partial charge >= 0.3 is 12.1 Å². The van der Waals surface area contributed by atoms with Crippen LogP contribution in [0, 0.1) is 0 Å². The number of rotatable bonds is 1. The van der Waals surface area contributed by atoms with E-state index in [1.54, 1.807) is 30.3 Å². The van der Waals surface area contributed by atoms with Crippen LogP contribution in [0.15, 0.2) is 35.5 Å². The van der Waals surface area contributed by atoms with Gasteiger partial charge in [0, 0.05) is 18.0 Å². The summed E-state index contributed by atoms with van der Waals surface area (Å²) < 4.78 is 40.9. The van der Waals surface area contributed by atoms with Gasteiger partial charge in [0.15, 0.2) is 6.10 Å². The minimum Gasteiger partial charge on any atom is -0.445 e. The average Bonchev–Trinajstić information content (AvgIpc) is 2.51. The first-order valence-corrected chi connectivity index (χ1v) is 5.05. The molecule has 1 atom stereocenters. The SMILES string of the molecule is O=C(OC1C=NC=Cc2ccccc21)C(F)(F)F. The second-order valence-corrected chi connectivity index (χ2v) is 3.57. The van der Waals surface area contributed by atoms with Crippen LogP contribution in [0.3, 0.4) is 0 Å². The van der Waals surface area contributed by atoms with E-state index in [1.807, 2.05) is 0 Å². The third-order valence-corrected chi connectivity index (χ3v) is 2.33. The van der Waals surface area contributed by atoms with Crippen LogP contribution < -0.4 is 0 Å². The number of nitrogens with zero attached hydrogens (tertiary/aromatic N) is 1. The van der Waals surface area contributed by atoms with E-state index < -0.39 is 18.2 Å². The first kappa shape index (κ1) is 12.3. The fraction of sp³-hybridized carbons (Fsp3) is 0.167. The molecule has 0 saturated carbocycles. The van der Waals surface area contributed by atoms with Crippen molar-refractivity contribution in [3.8, 4) is 0 Å². The summed E-state index contributed by atoms with van der Waals surface area (Å²) in [4.78, 5) is 14.6. The zero-order chi connectivity index (χ0) is 13.2. The smallest absolute Gasteiger partial charge is 0.445 e. The minimum atomic E-state index is -5.01. The number of ether oxygens (including phenoxy) is 1. The van der Waals surface area contributed by atoms with E-state index >= 15 is 0 Å². The number of esters is 1. The lowest BCUT2D eigenvalue weighted by Crippen LogP contribution is -2.27. The number of halogens is 3. The predicted octanol–water partition coefficient (Wildman–Crippen LogP) is 2.89. The van der Waals surface area contributed by atoms with Gasteiger partial charge in [-0.15, -0.1) is 0 Å². The Kier molecular flexibility index (Phi) is 3.18. The van der Waals surface area contributed by atoms with E-state index in [9.17, 15) is 18.0 Å². The molecular formula is C12H8F3NO2. The molecule has 0 amide bonds. The monoisotopic (exact) mass is 255 g/mol. The molecule has 0 bridgehead atoms. The van der Waals surface area contributed by atoms with E-state index in [0.29, 0.717) is 11.1 Å². The lowest BCUT2D eigenvalue weighted by molar-refractivity contribution is -0.202. The number of hydrogen-bond acceptors (Lipinski definition) is 3. The summed E-state index contributed by atoms with van der Waals surface area (Å²) in [7, 11) is 0. The molecule has 1 aliphatic rings. The Bertz CT molecular complexity index is 520. The van der Waals surface area contributed by atoms with Gasteiger partial charge in [-0.25, -0.2) is 4.79 Å². The van der Waals surface area contributed by atoms with Crippen LogP contribution in [0.4, 0.5) is 13.2 Å². The molecule has 1 heterocycles. The van der Waals surface area contributed by atoms with E-state index in [1.165, 1.54) is 6.20 Å². The lowest BCUT2D eigenvalue weighted by atomic mass is 10.0. The van der Waals surface area contributed by atoms with Crippen molar-refractivity contribution < 1.29 is 22.7 Å². The van der Waals surface area contributed by atoms with Gasteiger partial charge in [-0.1, -0.05) is 24.3 Å². The zero-order valence-electron chi connectivity index (χ0n) is 9.02. The normalized spacial score (nSPS) is 18.1. The highest BCUT2D eigenvalue weighted by Crippen LogP contribution is 2.27. The van der Waals surface area contributed by atoms with Crippen molar-refractivity contribution in [1.29, 1.82) is 0 Å². The van der Waals surface area contributed by atoms with Crippen LogP contribution in [0.2, 0.25) is 0 Å². The Morgan fingerprint density at radius 2 is 2.00 bits per heavy atom. The number of fused-ring (bicyclic) bond motifs is 1. The van der Waals surface area contributed by atoms with Gasteiger partial charge in [-0.05, 0) is 11.6 Å². The highest BCUT2D eigenvalue weighted by atomic mass is 19.4. The molecule has 0 radical (unpaired) electrons. The van der Waals surface area contributed by atoms with Crippen LogP contribution in [0.5, 0.6) is 0 Å². The van der Waals surface area contributed by atoms with Crippen molar-refractivity contribution in [1.82, 2.24) is 0 Å². The molecule has 2 rings (SSSR count). The number of hydrogen-bond donors (Lipinski definition) is 0. The second kappa shape index (κ2) is 4.64. The fourth-order valence-electron chi connectivity index (χ4n) is 1.53. The summed E-state index contributed by atoms with van der Waals surface area (Å²) >= 11 is 0. The summed E-state index contributed by atoms with van der Waals surface area (Å²) in [5.74, 6) is -2.23. The molecule has 1 aromatic rings. The first-order chi connectivity index (χ1) is 8.48. The summed E-state index contributed by atoms with van der Waals surface area (Å²) in [5, 5.41) is 0. The second-order valence-electron chi connectivity index (χ2n) is 3.57. The van der Waals surface area contributed by atoms with Gasteiger partial charge in [-0.2, -0.15) is 13.2 Å². The molecule has 0 N–H and O–H groups in total. The van der Waals surface area contributed by atoms with Crippen LogP contribution in [-0.4, -0.2) is 18.4 Å². The van der Waals surface area contributed by atoms with Gasteiger partial charge < -0.3 is 4.74 Å².